The average molecular weight is 257 g/mol. The van der Waals surface area contributed by atoms with E-state index >= 15 is 0 Å². The monoisotopic (exact) mass is 257 g/mol. The first-order valence-electron chi connectivity index (χ1n) is 7.56. The normalized spacial score (nSPS) is 14.4. The van der Waals surface area contributed by atoms with Crippen LogP contribution >= 0.6 is 0 Å². The Balaban J connectivity index is 3.65. The summed E-state index contributed by atoms with van der Waals surface area (Å²) in [6.07, 6.45) is 11.3. The van der Waals surface area contributed by atoms with Gasteiger partial charge in [-0.15, -0.1) is 0 Å². The standard InChI is InChI=1S/C15H31NO2/c1-3-5-6-7-8-9-10-11-12-15(4-2,13-16)14(17)18/h3-13,16H2,1-2H3,(H,17,18). The second-order valence-electron chi connectivity index (χ2n) is 5.37. The summed E-state index contributed by atoms with van der Waals surface area (Å²) in [4.78, 5) is 11.2. The molecule has 0 fully saturated rings. The van der Waals surface area contributed by atoms with Gasteiger partial charge in [-0.25, -0.2) is 0 Å². The van der Waals surface area contributed by atoms with E-state index < -0.39 is 11.4 Å². The van der Waals surface area contributed by atoms with Gasteiger partial charge in [0.05, 0.1) is 5.41 Å². The number of nitrogens with two attached hydrogens (primary N) is 1. The summed E-state index contributed by atoms with van der Waals surface area (Å²) in [6.45, 7) is 4.41. The molecule has 0 amide bonds. The number of unbranched alkanes of at least 4 members (excludes halogenated alkanes) is 7. The van der Waals surface area contributed by atoms with Crippen molar-refractivity contribution in [1.29, 1.82) is 0 Å². The second kappa shape index (κ2) is 10.4. The molecule has 18 heavy (non-hydrogen) atoms. The zero-order valence-electron chi connectivity index (χ0n) is 12.2. The van der Waals surface area contributed by atoms with Gasteiger partial charge in [0, 0.05) is 6.54 Å². The molecule has 0 radical (unpaired) electrons. The predicted molar refractivity (Wildman–Crippen MR) is 76.6 cm³/mol. The summed E-state index contributed by atoms with van der Waals surface area (Å²) in [5, 5.41) is 9.24. The molecule has 0 aromatic carbocycles. The second-order valence-corrected chi connectivity index (χ2v) is 5.37. The molecule has 0 spiro atoms. The zero-order chi connectivity index (χ0) is 13.9. The van der Waals surface area contributed by atoms with Crippen LogP contribution in [0.25, 0.3) is 0 Å². The zero-order valence-corrected chi connectivity index (χ0v) is 12.2. The summed E-state index contributed by atoms with van der Waals surface area (Å²) in [6, 6.07) is 0. The molecule has 0 saturated carbocycles. The molecule has 1 atom stereocenters. The Kier molecular flexibility index (Phi) is 10.0. The van der Waals surface area contributed by atoms with E-state index in [0.717, 1.165) is 19.3 Å². The van der Waals surface area contributed by atoms with Gasteiger partial charge in [0.2, 0.25) is 0 Å². The van der Waals surface area contributed by atoms with Crippen molar-refractivity contribution in [3.05, 3.63) is 0 Å². The Morgan fingerprint density at radius 1 is 1.00 bits per heavy atom. The maximum atomic E-state index is 11.2. The van der Waals surface area contributed by atoms with Crippen molar-refractivity contribution < 1.29 is 9.90 Å². The SMILES string of the molecule is CCCCCCCCCCC(CC)(CN)C(=O)O. The molecule has 0 aromatic heterocycles. The van der Waals surface area contributed by atoms with Gasteiger partial charge >= 0.3 is 5.97 Å². The summed E-state index contributed by atoms with van der Waals surface area (Å²) in [7, 11) is 0. The van der Waals surface area contributed by atoms with Crippen LogP contribution in [0.2, 0.25) is 0 Å². The highest BCUT2D eigenvalue weighted by Gasteiger charge is 2.34. The van der Waals surface area contributed by atoms with Crippen molar-refractivity contribution in [2.24, 2.45) is 11.1 Å². The maximum Gasteiger partial charge on any atom is 0.310 e. The van der Waals surface area contributed by atoms with Crippen molar-refractivity contribution >= 4 is 5.97 Å². The first kappa shape index (κ1) is 17.4. The molecule has 0 aliphatic carbocycles. The van der Waals surface area contributed by atoms with E-state index in [1.165, 1.54) is 38.5 Å². The Morgan fingerprint density at radius 2 is 1.50 bits per heavy atom. The fourth-order valence-electron chi connectivity index (χ4n) is 2.37. The lowest BCUT2D eigenvalue weighted by atomic mass is 9.80. The van der Waals surface area contributed by atoms with Crippen LogP contribution in [0.5, 0.6) is 0 Å². The van der Waals surface area contributed by atoms with Crippen LogP contribution in [0.15, 0.2) is 0 Å². The number of rotatable bonds is 12. The lowest BCUT2D eigenvalue weighted by Gasteiger charge is -2.26. The number of aliphatic carboxylic acids is 1. The minimum Gasteiger partial charge on any atom is -0.481 e. The average Bonchev–Trinajstić information content (AvgIpc) is 2.37. The van der Waals surface area contributed by atoms with E-state index in [2.05, 4.69) is 6.92 Å². The van der Waals surface area contributed by atoms with Crippen LogP contribution in [0, 0.1) is 5.41 Å². The molecule has 3 N–H and O–H groups in total. The third-order valence-electron chi connectivity index (χ3n) is 4.03. The Morgan fingerprint density at radius 3 is 1.89 bits per heavy atom. The van der Waals surface area contributed by atoms with Gasteiger partial charge in [0.1, 0.15) is 0 Å². The molecule has 0 heterocycles. The summed E-state index contributed by atoms with van der Waals surface area (Å²) >= 11 is 0. The summed E-state index contributed by atoms with van der Waals surface area (Å²) in [5.74, 6) is -0.726. The number of carboxylic acids is 1. The van der Waals surface area contributed by atoms with E-state index in [1.807, 2.05) is 6.92 Å². The van der Waals surface area contributed by atoms with Crippen LogP contribution in [0.3, 0.4) is 0 Å². The lowest BCUT2D eigenvalue weighted by molar-refractivity contribution is -0.149. The molecule has 0 aliphatic rings. The first-order chi connectivity index (χ1) is 8.63. The molecule has 108 valence electrons. The van der Waals surface area contributed by atoms with Crippen LogP contribution in [-0.2, 0) is 4.79 Å². The third-order valence-corrected chi connectivity index (χ3v) is 4.03. The minimum atomic E-state index is -0.726. The number of hydrogen-bond acceptors (Lipinski definition) is 2. The number of hydrogen-bond donors (Lipinski definition) is 2. The largest absolute Gasteiger partial charge is 0.481 e. The highest BCUT2D eigenvalue weighted by Crippen LogP contribution is 2.28. The van der Waals surface area contributed by atoms with Crippen molar-refractivity contribution in [1.82, 2.24) is 0 Å². The van der Waals surface area contributed by atoms with Crippen LogP contribution in [0.1, 0.15) is 78.1 Å². The molecule has 0 bridgehead atoms. The van der Waals surface area contributed by atoms with Crippen LogP contribution in [-0.4, -0.2) is 17.6 Å². The van der Waals surface area contributed by atoms with E-state index in [1.54, 1.807) is 0 Å². The Bertz CT molecular complexity index is 213. The number of carbonyl (C=O) groups is 1. The molecule has 3 nitrogen and oxygen atoms in total. The van der Waals surface area contributed by atoms with Crippen molar-refractivity contribution in [2.45, 2.75) is 78.1 Å². The van der Waals surface area contributed by atoms with Gasteiger partial charge in [-0.05, 0) is 12.8 Å². The van der Waals surface area contributed by atoms with E-state index in [-0.39, 0.29) is 6.54 Å². The summed E-state index contributed by atoms with van der Waals surface area (Å²) in [5.41, 5.74) is 4.96. The van der Waals surface area contributed by atoms with Gasteiger partial charge < -0.3 is 10.8 Å². The minimum absolute atomic E-state index is 0.259. The van der Waals surface area contributed by atoms with Gasteiger partial charge in [-0.1, -0.05) is 65.2 Å². The Hall–Kier alpha value is -0.570. The third kappa shape index (κ3) is 6.39. The van der Waals surface area contributed by atoms with E-state index in [4.69, 9.17) is 5.73 Å². The van der Waals surface area contributed by atoms with Crippen molar-refractivity contribution in [3.8, 4) is 0 Å². The molecule has 0 aliphatic heterocycles. The first-order valence-corrected chi connectivity index (χ1v) is 7.56. The quantitative estimate of drug-likeness (QED) is 0.520. The smallest absolute Gasteiger partial charge is 0.310 e. The van der Waals surface area contributed by atoms with Crippen LogP contribution in [0.4, 0.5) is 0 Å². The molecule has 3 heteroatoms. The maximum absolute atomic E-state index is 11.2. The van der Waals surface area contributed by atoms with Gasteiger partial charge in [0.25, 0.3) is 0 Å². The van der Waals surface area contributed by atoms with Gasteiger partial charge in [0.15, 0.2) is 0 Å². The summed E-state index contributed by atoms with van der Waals surface area (Å²) < 4.78 is 0. The van der Waals surface area contributed by atoms with Gasteiger partial charge in [-0.2, -0.15) is 0 Å². The molecular formula is C15H31NO2. The molecular weight excluding hydrogens is 226 g/mol. The highest BCUT2D eigenvalue weighted by molar-refractivity contribution is 5.74. The topological polar surface area (TPSA) is 63.3 Å². The van der Waals surface area contributed by atoms with Crippen molar-refractivity contribution in [2.75, 3.05) is 6.54 Å². The molecule has 0 rings (SSSR count). The van der Waals surface area contributed by atoms with Crippen molar-refractivity contribution in [3.63, 3.8) is 0 Å². The van der Waals surface area contributed by atoms with Crippen LogP contribution < -0.4 is 5.73 Å². The van der Waals surface area contributed by atoms with Gasteiger partial charge in [-0.3, -0.25) is 4.79 Å². The lowest BCUT2D eigenvalue weighted by Crippen LogP contribution is -2.38. The fraction of sp³-hybridized carbons (Fsp3) is 0.933. The predicted octanol–water partition coefficient (Wildman–Crippen LogP) is 3.96. The molecule has 0 aromatic rings. The van der Waals surface area contributed by atoms with E-state index in [9.17, 15) is 9.90 Å². The number of carboxylic acid groups (broad SMARTS) is 1. The Labute approximate surface area is 112 Å². The molecule has 1 unspecified atom stereocenters. The van der Waals surface area contributed by atoms with E-state index in [0.29, 0.717) is 6.42 Å². The molecule has 0 saturated heterocycles. The highest BCUT2D eigenvalue weighted by atomic mass is 16.4. The fourth-order valence-corrected chi connectivity index (χ4v) is 2.37.